The molecule has 0 fully saturated rings. The smallest absolute Gasteiger partial charge is 0.415 e. The summed E-state index contributed by atoms with van der Waals surface area (Å²) in [6.45, 7) is 1.10. The molecule has 118 valence electrons. The maximum atomic E-state index is 13.2. The quantitative estimate of drug-likeness (QED) is 0.277. The van der Waals surface area contributed by atoms with Crippen LogP contribution in [-0.2, 0) is 28.5 Å². The summed E-state index contributed by atoms with van der Waals surface area (Å²) in [5.41, 5.74) is 0. The van der Waals surface area contributed by atoms with Gasteiger partial charge in [-0.05, 0) is 13.8 Å². The van der Waals surface area contributed by atoms with E-state index in [-0.39, 0.29) is 13.2 Å². The summed E-state index contributed by atoms with van der Waals surface area (Å²) in [5.74, 6) is -15.9. The van der Waals surface area contributed by atoms with Gasteiger partial charge in [-0.15, -0.1) is 0 Å². The second-order valence-electron chi connectivity index (χ2n) is 3.23. The average molecular weight is 306 g/mol. The minimum Gasteiger partial charge on any atom is -0.434 e. The zero-order valence-corrected chi connectivity index (χ0v) is 10.8. The second-order valence-corrected chi connectivity index (χ2v) is 3.23. The highest BCUT2D eigenvalue weighted by Crippen LogP contribution is 2.36. The SMILES string of the molecule is CCOCOC(=O)C(F)(F)C(F)(F)C(=O)OCOCC. The van der Waals surface area contributed by atoms with Crippen molar-refractivity contribution in [3.05, 3.63) is 0 Å². The molecule has 0 saturated carbocycles. The molecule has 20 heavy (non-hydrogen) atoms. The highest BCUT2D eigenvalue weighted by molar-refractivity contribution is 5.89. The Bertz CT molecular complexity index is 302. The van der Waals surface area contributed by atoms with Crippen LogP contribution in [0, 0.1) is 0 Å². The van der Waals surface area contributed by atoms with E-state index >= 15 is 0 Å². The molecule has 0 aliphatic heterocycles. The lowest BCUT2D eigenvalue weighted by atomic mass is 10.2. The number of ether oxygens (including phenoxy) is 4. The van der Waals surface area contributed by atoms with Crippen LogP contribution in [0.2, 0.25) is 0 Å². The van der Waals surface area contributed by atoms with Crippen LogP contribution in [0.3, 0.4) is 0 Å². The molecule has 0 radical (unpaired) electrons. The number of alkyl halides is 4. The van der Waals surface area contributed by atoms with Gasteiger partial charge in [-0.25, -0.2) is 9.59 Å². The average Bonchev–Trinajstić information content (AvgIpc) is 2.38. The van der Waals surface area contributed by atoms with Gasteiger partial charge in [-0.3, -0.25) is 0 Å². The van der Waals surface area contributed by atoms with Crippen LogP contribution >= 0.6 is 0 Å². The van der Waals surface area contributed by atoms with Crippen molar-refractivity contribution in [2.75, 3.05) is 26.8 Å². The van der Waals surface area contributed by atoms with Gasteiger partial charge >= 0.3 is 23.8 Å². The van der Waals surface area contributed by atoms with E-state index < -0.39 is 37.4 Å². The number of esters is 2. The molecule has 0 aliphatic rings. The first kappa shape index (κ1) is 18.6. The van der Waals surface area contributed by atoms with E-state index in [1.54, 1.807) is 0 Å². The lowest BCUT2D eigenvalue weighted by molar-refractivity contribution is -0.246. The van der Waals surface area contributed by atoms with Gasteiger partial charge in [0.1, 0.15) is 0 Å². The number of hydrogen-bond donors (Lipinski definition) is 0. The predicted molar refractivity (Wildman–Crippen MR) is 55.1 cm³/mol. The maximum Gasteiger partial charge on any atom is 0.415 e. The Balaban J connectivity index is 4.68. The van der Waals surface area contributed by atoms with Crippen molar-refractivity contribution in [1.82, 2.24) is 0 Å². The fourth-order valence-corrected chi connectivity index (χ4v) is 0.795. The van der Waals surface area contributed by atoms with Crippen LogP contribution in [0.5, 0.6) is 0 Å². The van der Waals surface area contributed by atoms with E-state index in [0.717, 1.165) is 0 Å². The van der Waals surface area contributed by atoms with Crippen LogP contribution in [0.1, 0.15) is 13.8 Å². The van der Waals surface area contributed by atoms with Gasteiger partial charge in [0.05, 0.1) is 0 Å². The summed E-state index contributed by atoms with van der Waals surface area (Å²) >= 11 is 0. The van der Waals surface area contributed by atoms with E-state index in [0.29, 0.717) is 0 Å². The van der Waals surface area contributed by atoms with Crippen molar-refractivity contribution in [1.29, 1.82) is 0 Å². The van der Waals surface area contributed by atoms with Crippen molar-refractivity contribution in [2.24, 2.45) is 0 Å². The summed E-state index contributed by atoms with van der Waals surface area (Å²) in [5, 5.41) is 0. The molecule has 0 N–H and O–H groups in total. The van der Waals surface area contributed by atoms with Crippen molar-refractivity contribution in [3.8, 4) is 0 Å². The maximum absolute atomic E-state index is 13.2. The Morgan fingerprint density at radius 1 is 0.800 bits per heavy atom. The molecule has 0 aromatic rings. The molecular weight excluding hydrogens is 292 g/mol. The number of carbonyl (C=O) groups is 2. The molecule has 0 aromatic heterocycles. The van der Waals surface area contributed by atoms with E-state index in [2.05, 4.69) is 18.9 Å². The first-order chi connectivity index (χ1) is 9.21. The molecule has 10 heteroatoms. The molecule has 0 rings (SSSR count). The monoisotopic (exact) mass is 306 g/mol. The molecule has 0 heterocycles. The van der Waals surface area contributed by atoms with Crippen LogP contribution in [0.4, 0.5) is 17.6 Å². The minimum absolute atomic E-state index is 0.0195. The lowest BCUT2D eigenvalue weighted by Gasteiger charge is -2.22. The van der Waals surface area contributed by atoms with E-state index in [4.69, 9.17) is 0 Å². The molecule has 0 saturated heterocycles. The molecule has 0 spiro atoms. The van der Waals surface area contributed by atoms with Gasteiger partial charge in [0, 0.05) is 13.2 Å². The van der Waals surface area contributed by atoms with Crippen LogP contribution in [0.15, 0.2) is 0 Å². The number of carbonyl (C=O) groups excluding carboxylic acids is 2. The second kappa shape index (κ2) is 8.00. The zero-order chi connectivity index (χ0) is 15.8. The summed E-state index contributed by atoms with van der Waals surface area (Å²) in [6.07, 6.45) is 0. The Labute approximate surface area is 111 Å². The number of halogens is 4. The van der Waals surface area contributed by atoms with Gasteiger partial charge in [-0.2, -0.15) is 17.6 Å². The molecule has 0 aromatic carbocycles. The van der Waals surface area contributed by atoms with Crippen molar-refractivity contribution in [2.45, 2.75) is 25.7 Å². The molecular formula is C10H14F4O6. The van der Waals surface area contributed by atoms with Gasteiger partial charge < -0.3 is 18.9 Å². The summed E-state index contributed by atoms with van der Waals surface area (Å²) < 4.78 is 69.0. The van der Waals surface area contributed by atoms with Crippen LogP contribution < -0.4 is 0 Å². The first-order valence-corrected chi connectivity index (χ1v) is 5.47. The Morgan fingerprint density at radius 2 is 1.10 bits per heavy atom. The van der Waals surface area contributed by atoms with Crippen molar-refractivity contribution in [3.63, 3.8) is 0 Å². The summed E-state index contributed by atoms with van der Waals surface area (Å²) in [4.78, 5) is 21.7. The fraction of sp³-hybridized carbons (Fsp3) is 0.800. The van der Waals surface area contributed by atoms with Gasteiger partial charge in [0.25, 0.3) is 0 Å². The molecule has 0 unspecified atom stereocenters. The highest BCUT2D eigenvalue weighted by atomic mass is 19.3. The number of rotatable bonds is 9. The molecule has 0 atom stereocenters. The topological polar surface area (TPSA) is 71.1 Å². The molecule has 0 aliphatic carbocycles. The Kier molecular flexibility index (Phi) is 7.43. The number of hydrogen-bond acceptors (Lipinski definition) is 6. The van der Waals surface area contributed by atoms with E-state index in [1.807, 2.05) is 0 Å². The standard InChI is InChI=1S/C10H14F4O6/c1-3-17-5-19-7(15)9(11,12)10(13,14)8(16)20-6-18-4-2/h3-6H2,1-2H3. The summed E-state index contributed by atoms with van der Waals surface area (Å²) in [7, 11) is 0. The van der Waals surface area contributed by atoms with E-state index in [9.17, 15) is 27.2 Å². The summed E-state index contributed by atoms with van der Waals surface area (Å²) in [6, 6.07) is 0. The minimum atomic E-state index is -5.38. The van der Waals surface area contributed by atoms with E-state index in [1.165, 1.54) is 13.8 Å². The van der Waals surface area contributed by atoms with Crippen molar-refractivity contribution < 1.29 is 46.1 Å². The van der Waals surface area contributed by atoms with Gasteiger partial charge in [-0.1, -0.05) is 0 Å². The molecule has 0 bridgehead atoms. The molecule has 6 nitrogen and oxygen atoms in total. The Morgan fingerprint density at radius 3 is 1.35 bits per heavy atom. The predicted octanol–water partition coefficient (Wildman–Crippen LogP) is 1.33. The largest absolute Gasteiger partial charge is 0.434 e. The van der Waals surface area contributed by atoms with Crippen LogP contribution in [-0.4, -0.2) is 50.6 Å². The first-order valence-electron chi connectivity index (χ1n) is 5.47. The molecule has 0 amide bonds. The third-order valence-corrected chi connectivity index (χ3v) is 1.86. The third kappa shape index (κ3) is 4.60. The normalized spacial score (nSPS) is 12.1. The fourth-order valence-electron chi connectivity index (χ4n) is 0.795. The zero-order valence-electron chi connectivity index (χ0n) is 10.8. The Hall–Kier alpha value is -1.42. The van der Waals surface area contributed by atoms with Gasteiger partial charge in [0.15, 0.2) is 13.6 Å². The lowest BCUT2D eigenvalue weighted by Crippen LogP contribution is -2.53. The van der Waals surface area contributed by atoms with Crippen molar-refractivity contribution >= 4 is 11.9 Å². The van der Waals surface area contributed by atoms with Crippen LogP contribution in [0.25, 0.3) is 0 Å². The van der Waals surface area contributed by atoms with Gasteiger partial charge in [0.2, 0.25) is 0 Å². The highest BCUT2D eigenvalue weighted by Gasteiger charge is 2.69. The third-order valence-electron chi connectivity index (χ3n) is 1.86.